The third-order valence-electron chi connectivity index (χ3n) is 1.30. The van der Waals surface area contributed by atoms with Crippen LogP contribution in [0.5, 0.6) is 0 Å². The van der Waals surface area contributed by atoms with Gasteiger partial charge in [0.2, 0.25) is 0 Å². The quantitative estimate of drug-likeness (QED) is 0.543. The molecule has 0 aromatic carbocycles. The molecule has 0 aromatic rings. The Labute approximate surface area is 63.2 Å². The lowest BCUT2D eigenvalue weighted by Crippen LogP contribution is -2.15. The van der Waals surface area contributed by atoms with Crippen molar-refractivity contribution < 1.29 is 13.9 Å². The van der Waals surface area contributed by atoms with Crippen molar-refractivity contribution >= 4 is 6.09 Å². The number of nitrogens with zero attached hydrogens (tertiary/aromatic N) is 2. The molecule has 1 aliphatic rings. The molecule has 1 heterocycles. The van der Waals surface area contributed by atoms with Crippen LogP contribution in [0.3, 0.4) is 0 Å². The predicted molar refractivity (Wildman–Crippen MR) is 33.4 cm³/mol. The first kappa shape index (κ1) is 7.79. The zero-order valence-electron chi connectivity index (χ0n) is 5.79. The fraction of sp³-hybridized carbons (Fsp3) is 0.667. The van der Waals surface area contributed by atoms with Crippen LogP contribution in [0.2, 0.25) is 0 Å². The summed E-state index contributed by atoms with van der Waals surface area (Å²) in [5.41, 5.74) is 0. The summed E-state index contributed by atoms with van der Waals surface area (Å²) in [5.74, 6) is 0. The maximum absolute atomic E-state index is 11.5. The molecule has 0 spiro atoms. The van der Waals surface area contributed by atoms with Gasteiger partial charge in [0.05, 0.1) is 12.6 Å². The monoisotopic (exact) mass is 158 g/mol. The maximum Gasteiger partial charge on any atom is 0.411 e. The van der Waals surface area contributed by atoms with Gasteiger partial charge in [0.25, 0.3) is 0 Å². The topological polar surface area (TPSA) is 53.1 Å². The summed E-state index contributed by atoms with van der Waals surface area (Å²) in [4.78, 5) is 12.0. The van der Waals surface area contributed by atoms with Crippen molar-refractivity contribution in [1.82, 2.24) is 4.90 Å². The van der Waals surface area contributed by atoms with Crippen molar-refractivity contribution in [3.63, 3.8) is 0 Å². The summed E-state index contributed by atoms with van der Waals surface area (Å²) in [5, 5.41) is 8.28. The Balaban J connectivity index is 2.19. The van der Waals surface area contributed by atoms with Crippen molar-refractivity contribution in [3.8, 4) is 6.07 Å². The number of nitriles is 1. The van der Waals surface area contributed by atoms with E-state index in [1.165, 1.54) is 4.90 Å². The van der Waals surface area contributed by atoms with Gasteiger partial charge >= 0.3 is 6.09 Å². The van der Waals surface area contributed by atoms with E-state index in [0.29, 0.717) is 6.54 Å². The number of carbonyl (C=O) groups is 1. The van der Waals surface area contributed by atoms with Crippen LogP contribution >= 0.6 is 0 Å². The van der Waals surface area contributed by atoms with Gasteiger partial charge in [0, 0.05) is 0 Å². The third-order valence-corrected chi connectivity index (χ3v) is 1.30. The van der Waals surface area contributed by atoms with Crippen LogP contribution in [-0.4, -0.2) is 36.9 Å². The Morgan fingerprint density at radius 2 is 2.64 bits per heavy atom. The minimum Gasteiger partial charge on any atom is -0.447 e. The normalized spacial score (nSPS) is 20.7. The molecule has 0 aliphatic carbocycles. The van der Waals surface area contributed by atoms with E-state index in [4.69, 9.17) is 5.26 Å². The van der Waals surface area contributed by atoms with Gasteiger partial charge in [-0.25, -0.2) is 9.18 Å². The van der Waals surface area contributed by atoms with E-state index in [0.717, 1.165) is 0 Å². The summed E-state index contributed by atoms with van der Waals surface area (Å²) in [6.07, 6.45) is -0.603. The largest absolute Gasteiger partial charge is 0.447 e. The molecule has 60 valence electrons. The lowest BCUT2D eigenvalue weighted by molar-refractivity contribution is 0.122. The summed E-state index contributed by atoms with van der Waals surface area (Å²) < 4.78 is 15.9. The molecule has 0 radical (unpaired) electrons. The van der Waals surface area contributed by atoms with Gasteiger partial charge in [0.1, 0.15) is 19.3 Å². The van der Waals surface area contributed by atoms with Crippen LogP contribution in [0.1, 0.15) is 0 Å². The van der Waals surface area contributed by atoms with Crippen LogP contribution < -0.4 is 0 Å². The second-order valence-electron chi connectivity index (χ2n) is 2.10. The van der Waals surface area contributed by atoms with Gasteiger partial charge in [0.15, 0.2) is 0 Å². The highest BCUT2D eigenvalue weighted by Gasteiger charge is 2.39. The molecule has 0 aromatic heterocycles. The Morgan fingerprint density at radius 3 is 3.09 bits per heavy atom. The zero-order chi connectivity index (χ0) is 8.27. The molecule has 0 bridgehead atoms. The lowest BCUT2D eigenvalue weighted by atomic mass is 10.5. The van der Waals surface area contributed by atoms with Gasteiger partial charge in [-0.15, -0.1) is 0 Å². The summed E-state index contributed by atoms with van der Waals surface area (Å²) >= 11 is 0. The van der Waals surface area contributed by atoms with Crippen LogP contribution in [0.4, 0.5) is 9.18 Å². The number of halogens is 1. The molecule has 1 rings (SSSR count). The first-order valence-electron chi connectivity index (χ1n) is 3.18. The Morgan fingerprint density at radius 1 is 1.91 bits per heavy atom. The van der Waals surface area contributed by atoms with Crippen LogP contribution in [-0.2, 0) is 4.74 Å². The smallest absolute Gasteiger partial charge is 0.411 e. The van der Waals surface area contributed by atoms with E-state index in [2.05, 4.69) is 4.74 Å². The highest BCUT2D eigenvalue weighted by molar-refractivity contribution is 5.71. The SMILES string of the molecule is N#CC1CN1C(=O)OCCF. The second-order valence-corrected chi connectivity index (χ2v) is 2.10. The predicted octanol–water partition coefficient (Wildman–Crippen LogP) is 0.300. The average molecular weight is 158 g/mol. The molecule has 1 fully saturated rings. The Kier molecular flexibility index (Phi) is 2.26. The number of carbonyl (C=O) groups excluding carboxylic acids is 1. The molecule has 11 heavy (non-hydrogen) atoms. The number of amides is 1. The second kappa shape index (κ2) is 3.19. The average Bonchev–Trinajstić information content (AvgIpc) is 2.78. The van der Waals surface area contributed by atoms with E-state index >= 15 is 0 Å². The number of hydrogen-bond donors (Lipinski definition) is 0. The fourth-order valence-corrected chi connectivity index (χ4v) is 0.660. The van der Waals surface area contributed by atoms with E-state index in [9.17, 15) is 9.18 Å². The van der Waals surface area contributed by atoms with Gasteiger partial charge < -0.3 is 4.74 Å². The first-order chi connectivity index (χ1) is 5.29. The Hall–Kier alpha value is -1.31. The molecule has 0 N–H and O–H groups in total. The number of ether oxygens (including phenoxy) is 1. The van der Waals surface area contributed by atoms with Crippen molar-refractivity contribution in [2.45, 2.75) is 6.04 Å². The minimum atomic E-state index is -0.684. The summed E-state index contributed by atoms with van der Waals surface area (Å²) in [6, 6.07) is 1.52. The molecule has 1 unspecified atom stereocenters. The molecule has 1 amide bonds. The molecule has 1 aliphatic heterocycles. The van der Waals surface area contributed by atoms with Gasteiger partial charge in [-0.05, 0) is 0 Å². The maximum atomic E-state index is 11.5. The molecule has 4 nitrogen and oxygen atoms in total. The highest BCUT2D eigenvalue weighted by atomic mass is 19.1. The summed E-state index contributed by atoms with van der Waals surface area (Å²) in [6.45, 7) is -0.508. The molecule has 5 heteroatoms. The number of hydrogen-bond acceptors (Lipinski definition) is 3. The van der Waals surface area contributed by atoms with E-state index < -0.39 is 12.8 Å². The molecule has 0 saturated carbocycles. The van der Waals surface area contributed by atoms with E-state index in [1.807, 2.05) is 6.07 Å². The highest BCUT2D eigenvalue weighted by Crippen LogP contribution is 2.16. The van der Waals surface area contributed by atoms with Gasteiger partial charge in [-0.3, -0.25) is 4.90 Å². The van der Waals surface area contributed by atoms with Crippen LogP contribution in [0.25, 0.3) is 0 Å². The van der Waals surface area contributed by atoms with Crippen molar-refractivity contribution in [3.05, 3.63) is 0 Å². The van der Waals surface area contributed by atoms with E-state index in [-0.39, 0.29) is 12.6 Å². The number of alkyl halides is 1. The molecular weight excluding hydrogens is 151 g/mol. The third kappa shape index (κ3) is 1.80. The van der Waals surface area contributed by atoms with Crippen molar-refractivity contribution in [1.29, 1.82) is 5.26 Å². The standard InChI is InChI=1S/C6H7FN2O2/c7-1-2-11-6(10)9-4-5(9)3-8/h5H,1-2,4H2. The first-order valence-corrected chi connectivity index (χ1v) is 3.18. The fourth-order valence-electron chi connectivity index (χ4n) is 0.660. The van der Waals surface area contributed by atoms with Gasteiger partial charge in [-0.1, -0.05) is 0 Å². The number of rotatable bonds is 2. The van der Waals surface area contributed by atoms with Crippen molar-refractivity contribution in [2.24, 2.45) is 0 Å². The molecule has 1 atom stereocenters. The Bertz CT molecular complexity index is 201. The minimum absolute atomic E-state index is 0.229. The van der Waals surface area contributed by atoms with Crippen LogP contribution in [0, 0.1) is 11.3 Å². The summed E-state index contributed by atoms with van der Waals surface area (Å²) in [7, 11) is 0. The lowest BCUT2D eigenvalue weighted by Gasteiger charge is -2.00. The van der Waals surface area contributed by atoms with E-state index in [1.54, 1.807) is 0 Å². The molecular formula is C6H7FN2O2. The molecule has 1 saturated heterocycles. The van der Waals surface area contributed by atoms with Gasteiger partial charge in [-0.2, -0.15) is 5.26 Å². The van der Waals surface area contributed by atoms with Crippen LogP contribution in [0.15, 0.2) is 0 Å². The zero-order valence-corrected chi connectivity index (χ0v) is 5.79. The van der Waals surface area contributed by atoms with Crippen molar-refractivity contribution in [2.75, 3.05) is 19.8 Å².